The summed E-state index contributed by atoms with van der Waals surface area (Å²) in [6.45, 7) is 2.13. The summed E-state index contributed by atoms with van der Waals surface area (Å²) in [4.78, 5) is 10.5. The molecule has 0 atom stereocenters. The highest BCUT2D eigenvalue weighted by molar-refractivity contribution is 7.15. The summed E-state index contributed by atoms with van der Waals surface area (Å²) in [5.74, 6) is 1.60. The predicted molar refractivity (Wildman–Crippen MR) is 81.5 cm³/mol. The first kappa shape index (κ1) is 13.2. The highest BCUT2D eigenvalue weighted by atomic mass is 35.5. The molecule has 3 rings (SSSR count). The zero-order valence-corrected chi connectivity index (χ0v) is 12.9. The maximum Gasteiger partial charge on any atom is 0.195 e. The molecule has 0 amide bonds. The van der Waals surface area contributed by atoms with Gasteiger partial charge < -0.3 is 9.80 Å². The van der Waals surface area contributed by atoms with Crippen molar-refractivity contribution in [3.63, 3.8) is 0 Å². The van der Waals surface area contributed by atoms with Gasteiger partial charge in [0.2, 0.25) is 0 Å². The van der Waals surface area contributed by atoms with Crippen LogP contribution in [0.1, 0.15) is 18.5 Å². The molecule has 6 heteroatoms. The molecule has 0 aromatic carbocycles. The Bertz CT molecular complexity index is 554. The SMILES string of the molecule is CN(C)C1CCN(c2nc3sccn3c2CCl)CC1. The number of aromatic nitrogens is 2. The topological polar surface area (TPSA) is 23.8 Å². The van der Waals surface area contributed by atoms with Gasteiger partial charge in [0.1, 0.15) is 0 Å². The van der Waals surface area contributed by atoms with E-state index in [1.165, 1.54) is 12.8 Å². The van der Waals surface area contributed by atoms with E-state index in [1.54, 1.807) is 11.3 Å². The lowest BCUT2D eigenvalue weighted by Crippen LogP contribution is -2.42. The van der Waals surface area contributed by atoms with Crippen LogP contribution in [-0.2, 0) is 5.88 Å². The average molecular weight is 299 g/mol. The summed E-state index contributed by atoms with van der Waals surface area (Å²) in [5.41, 5.74) is 1.13. The Morgan fingerprint density at radius 3 is 2.79 bits per heavy atom. The number of piperidine rings is 1. The van der Waals surface area contributed by atoms with Gasteiger partial charge >= 0.3 is 0 Å². The van der Waals surface area contributed by atoms with E-state index in [9.17, 15) is 0 Å². The fraction of sp³-hybridized carbons (Fsp3) is 0.615. The highest BCUT2D eigenvalue weighted by Crippen LogP contribution is 2.28. The van der Waals surface area contributed by atoms with Crippen LogP contribution in [0.2, 0.25) is 0 Å². The van der Waals surface area contributed by atoms with Crippen molar-refractivity contribution in [2.45, 2.75) is 24.8 Å². The molecule has 0 spiro atoms. The number of anilines is 1. The number of hydrogen-bond donors (Lipinski definition) is 0. The van der Waals surface area contributed by atoms with Gasteiger partial charge in [-0.25, -0.2) is 4.98 Å². The van der Waals surface area contributed by atoms with Gasteiger partial charge in [0, 0.05) is 30.7 Å². The second-order valence-corrected chi connectivity index (χ2v) is 6.39. The summed E-state index contributed by atoms with van der Waals surface area (Å²) in [6, 6.07) is 0.694. The monoisotopic (exact) mass is 298 g/mol. The number of thiazole rings is 1. The van der Waals surface area contributed by atoms with E-state index in [0.717, 1.165) is 29.6 Å². The molecular formula is C13H19ClN4S. The van der Waals surface area contributed by atoms with Gasteiger partial charge in [-0.15, -0.1) is 22.9 Å². The van der Waals surface area contributed by atoms with Crippen LogP contribution in [0.3, 0.4) is 0 Å². The average Bonchev–Trinajstić information content (AvgIpc) is 2.98. The molecule has 104 valence electrons. The van der Waals surface area contributed by atoms with Crippen molar-refractivity contribution in [1.29, 1.82) is 0 Å². The third-order valence-electron chi connectivity index (χ3n) is 3.96. The quantitative estimate of drug-likeness (QED) is 0.814. The van der Waals surface area contributed by atoms with Crippen LogP contribution in [-0.4, -0.2) is 47.5 Å². The molecule has 0 N–H and O–H groups in total. The second kappa shape index (κ2) is 5.31. The Morgan fingerprint density at radius 1 is 1.42 bits per heavy atom. The lowest BCUT2D eigenvalue weighted by molar-refractivity contribution is 0.249. The summed E-state index contributed by atoms with van der Waals surface area (Å²) in [5, 5.41) is 2.06. The van der Waals surface area contributed by atoms with Crippen molar-refractivity contribution in [2.24, 2.45) is 0 Å². The summed E-state index contributed by atoms with van der Waals surface area (Å²) in [6.07, 6.45) is 4.45. The van der Waals surface area contributed by atoms with Crippen LogP contribution in [0.5, 0.6) is 0 Å². The maximum absolute atomic E-state index is 6.12. The van der Waals surface area contributed by atoms with Crippen LogP contribution < -0.4 is 4.90 Å². The molecule has 2 aromatic rings. The van der Waals surface area contributed by atoms with Crippen LogP contribution >= 0.6 is 22.9 Å². The van der Waals surface area contributed by atoms with Crippen molar-refractivity contribution in [3.8, 4) is 0 Å². The maximum atomic E-state index is 6.12. The normalized spacial score (nSPS) is 17.8. The first-order valence-corrected chi connectivity index (χ1v) is 8.04. The molecule has 4 nitrogen and oxygen atoms in total. The van der Waals surface area contributed by atoms with Gasteiger partial charge in [-0.2, -0.15) is 0 Å². The van der Waals surface area contributed by atoms with Crippen molar-refractivity contribution in [2.75, 3.05) is 32.1 Å². The van der Waals surface area contributed by atoms with Crippen molar-refractivity contribution in [3.05, 3.63) is 17.3 Å². The van der Waals surface area contributed by atoms with Crippen molar-refractivity contribution in [1.82, 2.24) is 14.3 Å². The first-order valence-electron chi connectivity index (χ1n) is 6.62. The van der Waals surface area contributed by atoms with Crippen molar-refractivity contribution >= 4 is 33.7 Å². The second-order valence-electron chi connectivity index (χ2n) is 5.25. The number of fused-ring (bicyclic) bond motifs is 1. The Kier molecular flexibility index (Phi) is 3.69. The number of alkyl halides is 1. The summed E-state index contributed by atoms with van der Waals surface area (Å²) >= 11 is 7.78. The van der Waals surface area contributed by atoms with Crippen molar-refractivity contribution < 1.29 is 0 Å². The van der Waals surface area contributed by atoms with Crippen LogP contribution in [0.4, 0.5) is 5.82 Å². The Morgan fingerprint density at radius 2 is 2.16 bits per heavy atom. The lowest BCUT2D eigenvalue weighted by Gasteiger charge is -2.35. The zero-order chi connectivity index (χ0) is 13.4. The zero-order valence-electron chi connectivity index (χ0n) is 11.3. The molecule has 2 aromatic heterocycles. The van der Waals surface area contributed by atoms with Gasteiger partial charge in [-0.3, -0.25) is 4.40 Å². The van der Waals surface area contributed by atoms with Gasteiger partial charge in [-0.1, -0.05) is 0 Å². The van der Waals surface area contributed by atoms with E-state index in [1.807, 2.05) is 0 Å². The van der Waals surface area contributed by atoms with E-state index >= 15 is 0 Å². The molecule has 0 radical (unpaired) electrons. The molecule has 1 fully saturated rings. The summed E-state index contributed by atoms with van der Waals surface area (Å²) in [7, 11) is 4.33. The van der Waals surface area contributed by atoms with Crippen LogP contribution in [0.25, 0.3) is 4.96 Å². The third kappa shape index (κ3) is 2.35. The number of hydrogen-bond acceptors (Lipinski definition) is 4. The molecule has 1 saturated heterocycles. The van der Waals surface area contributed by atoms with E-state index in [4.69, 9.17) is 16.6 Å². The molecule has 19 heavy (non-hydrogen) atoms. The fourth-order valence-electron chi connectivity index (χ4n) is 2.79. The fourth-order valence-corrected chi connectivity index (χ4v) is 3.77. The third-order valence-corrected chi connectivity index (χ3v) is 4.97. The highest BCUT2D eigenvalue weighted by Gasteiger charge is 2.24. The van der Waals surface area contributed by atoms with Gasteiger partial charge in [0.05, 0.1) is 11.6 Å². The molecule has 0 unspecified atom stereocenters. The minimum atomic E-state index is 0.515. The standard InChI is InChI=1S/C13H19ClN4S/c1-16(2)10-3-5-17(6-4-10)12-11(9-14)18-7-8-19-13(18)15-12/h7-8,10H,3-6,9H2,1-2H3. The number of halogens is 1. The first-order chi connectivity index (χ1) is 9.20. The smallest absolute Gasteiger partial charge is 0.195 e. The Labute approximate surface area is 122 Å². The van der Waals surface area contributed by atoms with Crippen LogP contribution in [0, 0.1) is 0 Å². The number of nitrogens with zero attached hydrogens (tertiary/aromatic N) is 4. The summed E-state index contributed by atoms with van der Waals surface area (Å²) < 4.78 is 2.12. The van der Waals surface area contributed by atoms with E-state index in [-0.39, 0.29) is 0 Å². The molecule has 0 bridgehead atoms. The van der Waals surface area contributed by atoms with Gasteiger partial charge in [0.15, 0.2) is 10.8 Å². The van der Waals surface area contributed by atoms with Gasteiger partial charge in [-0.05, 0) is 26.9 Å². The minimum absolute atomic E-state index is 0.515. The predicted octanol–water partition coefficient (Wildman–Crippen LogP) is 2.67. The van der Waals surface area contributed by atoms with Crippen LogP contribution in [0.15, 0.2) is 11.6 Å². The molecule has 0 saturated carbocycles. The van der Waals surface area contributed by atoms with E-state index in [2.05, 4.69) is 39.9 Å². The minimum Gasteiger partial charge on any atom is -0.355 e. The molecule has 1 aliphatic heterocycles. The van der Waals surface area contributed by atoms with E-state index in [0.29, 0.717) is 11.9 Å². The Balaban J connectivity index is 1.83. The largest absolute Gasteiger partial charge is 0.355 e. The lowest BCUT2D eigenvalue weighted by atomic mass is 10.0. The van der Waals surface area contributed by atoms with Gasteiger partial charge in [0.25, 0.3) is 0 Å². The molecule has 0 aliphatic carbocycles. The van der Waals surface area contributed by atoms with E-state index < -0.39 is 0 Å². The molecular weight excluding hydrogens is 280 g/mol. The Hall–Kier alpha value is -0.780. The number of imidazole rings is 1. The number of rotatable bonds is 3. The molecule has 1 aliphatic rings. The molecule has 3 heterocycles.